The summed E-state index contributed by atoms with van der Waals surface area (Å²) in [6, 6.07) is 7.94. The predicted octanol–water partition coefficient (Wildman–Crippen LogP) is 2.25. The van der Waals surface area contributed by atoms with Crippen molar-refractivity contribution in [3.63, 3.8) is 0 Å². The molecule has 17 heavy (non-hydrogen) atoms. The molecule has 0 amide bonds. The Hall–Kier alpha value is -1.06. The molecule has 1 fully saturated rings. The highest BCUT2D eigenvalue weighted by Gasteiger charge is 2.26. The quantitative estimate of drug-likeness (QED) is 0.844. The van der Waals surface area contributed by atoms with Crippen molar-refractivity contribution in [1.29, 1.82) is 0 Å². The summed E-state index contributed by atoms with van der Waals surface area (Å²) in [5.41, 5.74) is 7.40. The summed E-state index contributed by atoms with van der Waals surface area (Å²) in [6.07, 6.45) is 3.77. The van der Waals surface area contributed by atoms with Crippen LogP contribution in [-0.2, 0) is 0 Å². The van der Waals surface area contributed by atoms with Gasteiger partial charge in [-0.05, 0) is 42.9 Å². The van der Waals surface area contributed by atoms with Gasteiger partial charge in [-0.1, -0.05) is 18.6 Å². The van der Waals surface area contributed by atoms with E-state index in [0.29, 0.717) is 5.92 Å². The molecule has 0 spiro atoms. The molecule has 94 valence electrons. The predicted molar refractivity (Wildman–Crippen MR) is 67.9 cm³/mol. The van der Waals surface area contributed by atoms with E-state index in [0.717, 1.165) is 37.0 Å². The molecule has 1 saturated carbocycles. The first kappa shape index (κ1) is 12.4. The zero-order valence-corrected chi connectivity index (χ0v) is 10.3. The summed E-state index contributed by atoms with van der Waals surface area (Å²) >= 11 is 0. The summed E-state index contributed by atoms with van der Waals surface area (Å²) < 4.78 is 5.13. The van der Waals surface area contributed by atoms with Gasteiger partial charge in [0.15, 0.2) is 0 Å². The fourth-order valence-corrected chi connectivity index (χ4v) is 2.63. The van der Waals surface area contributed by atoms with Crippen LogP contribution in [0.4, 0.5) is 0 Å². The van der Waals surface area contributed by atoms with Gasteiger partial charge in [-0.15, -0.1) is 0 Å². The van der Waals surface area contributed by atoms with Crippen molar-refractivity contribution >= 4 is 0 Å². The van der Waals surface area contributed by atoms with Gasteiger partial charge < -0.3 is 15.6 Å². The number of methoxy groups -OCH3 is 1. The van der Waals surface area contributed by atoms with Crippen LogP contribution in [0.25, 0.3) is 0 Å². The third-order valence-corrected chi connectivity index (χ3v) is 3.70. The third kappa shape index (κ3) is 2.99. The maximum absolute atomic E-state index is 9.68. The molecule has 3 nitrogen and oxygen atoms in total. The molecule has 1 aliphatic rings. The molecule has 2 unspecified atom stereocenters. The van der Waals surface area contributed by atoms with Crippen molar-refractivity contribution < 1.29 is 9.84 Å². The minimum Gasteiger partial charge on any atom is -0.497 e. The molecule has 3 heteroatoms. The Balaban J connectivity index is 2.04. The average molecular weight is 235 g/mol. The van der Waals surface area contributed by atoms with Crippen LogP contribution in [0.1, 0.15) is 37.3 Å². The van der Waals surface area contributed by atoms with E-state index in [4.69, 9.17) is 10.5 Å². The Morgan fingerprint density at radius 2 is 2.00 bits per heavy atom. The Morgan fingerprint density at radius 1 is 1.29 bits per heavy atom. The van der Waals surface area contributed by atoms with Gasteiger partial charge in [0.1, 0.15) is 5.75 Å². The van der Waals surface area contributed by atoms with Crippen molar-refractivity contribution in [3.05, 3.63) is 29.8 Å². The molecule has 2 rings (SSSR count). The lowest BCUT2D eigenvalue weighted by atomic mass is 9.80. The maximum Gasteiger partial charge on any atom is 0.118 e. The molecule has 1 aromatic rings. The zero-order valence-electron chi connectivity index (χ0n) is 10.3. The molecule has 0 heterocycles. The largest absolute Gasteiger partial charge is 0.497 e. The molecule has 0 saturated heterocycles. The van der Waals surface area contributed by atoms with Crippen LogP contribution in [0, 0.1) is 5.92 Å². The highest BCUT2D eigenvalue weighted by molar-refractivity contribution is 5.29. The van der Waals surface area contributed by atoms with Crippen LogP contribution in [-0.4, -0.2) is 18.3 Å². The van der Waals surface area contributed by atoms with E-state index in [2.05, 4.69) is 0 Å². The van der Waals surface area contributed by atoms with E-state index in [1.807, 2.05) is 24.3 Å². The summed E-state index contributed by atoms with van der Waals surface area (Å²) in [5, 5.41) is 9.68. The number of ether oxygens (including phenoxy) is 1. The SMILES string of the molecule is COc1ccc(C(N)C2CCC[C@H](O)C2)cc1. The molecular weight excluding hydrogens is 214 g/mol. The van der Waals surface area contributed by atoms with Crippen LogP contribution < -0.4 is 10.5 Å². The van der Waals surface area contributed by atoms with Crippen molar-refractivity contribution in [2.24, 2.45) is 11.7 Å². The van der Waals surface area contributed by atoms with Gasteiger partial charge in [-0.3, -0.25) is 0 Å². The second-order valence-electron chi connectivity index (χ2n) is 4.88. The first-order valence-electron chi connectivity index (χ1n) is 6.28. The molecule has 0 bridgehead atoms. The van der Waals surface area contributed by atoms with Crippen LogP contribution in [0.5, 0.6) is 5.75 Å². The van der Waals surface area contributed by atoms with E-state index in [9.17, 15) is 5.11 Å². The normalized spacial score (nSPS) is 26.5. The second-order valence-corrected chi connectivity index (χ2v) is 4.88. The van der Waals surface area contributed by atoms with Crippen molar-refractivity contribution in [2.45, 2.75) is 37.8 Å². The van der Waals surface area contributed by atoms with Gasteiger partial charge >= 0.3 is 0 Å². The number of benzene rings is 1. The van der Waals surface area contributed by atoms with Crippen molar-refractivity contribution in [1.82, 2.24) is 0 Å². The van der Waals surface area contributed by atoms with Crippen LogP contribution in [0.15, 0.2) is 24.3 Å². The van der Waals surface area contributed by atoms with Gasteiger partial charge in [0.2, 0.25) is 0 Å². The lowest BCUT2D eigenvalue weighted by Crippen LogP contribution is -2.28. The summed E-state index contributed by atoms with van der Waals surface area (Å²) in [5.74, 6) is 1.25. The summed E-state index contributed by atoms with van der Waals surface area (Å²) in [4.78, 5) is 0. The topological polar surface area (TPSA) is 55.5 Å². The van der Waals surface area contributed by atoms with Crippen molar-refractivity contribution in [3.8, 4) is 5.75 Å². The Bertz CT molecular complexity index is 350. The van der Waals surface area contributed by atoms with Gasteiger partial charge in [0, 0.05) is 6.04 Å². The lowest BCUT2D eigenvalue weighted by Gasteiger charge is -2.30. The summed E-state index contributed by atoms with van der Waals surface area (Å²) in [7, 11) is 1.66. The standard InChI is InChI=1S/C14H21NO2/c1-17-13-7-5-10(6-8-13)14(15)11-3-2-4-12(16)9-11/h5-8,11-12,14,16H,2-4,9,15H2,1H3/t11?,12-,14?/m0/s1. The first-order chi connectivity index (χ1) is 8.20. The Labute approximate surface area is 103 Å². The highest BCUT2D eigenvalue weighted by Crippen LogP contribution is 2.33. The minimum atomic E-state index is -0.168. The average Bonchev–Trinajstić information content (AvgIpc) is 2.38. The first-order valence-corrected chi connectivity index (χ1v) is 6.28. The fraction of sp³-hybridized carbons (Fsp3) is 0.571. The number of nitrogens with two attached hydrogens (primary N) is 1. The maximum atomic E-state index is 9.68. The molecule has 0 radical (unpaired) electrons. The van der Waals surface area contributed by atoms with Gasteiger partial charge in [0.05, 0.1) is 13.2 Å². The monoisotopic (exact) mass is 235 g/mol. The van der Waals surface area contributed by atoms with Crippen LogP contribution >= 0.6 is 0 Å². The van der Waals surface area contributed by atoms with Crippen LogP contribution in [0.3, 0.4) is 0 Å². The van der Waals surface area contributed by atoms with E-state index in [1.54, 1.807) is 7.11 Å². The molecule has 3 atom stereocenters. The highest BCUT2D eigenvalue weighted by atomic mass is 16.5. The van der Waals surface area contributed by atoms with E-state index in [1.165, 1.54) is 0 Å². The van der Waals surface area contributed by atoms with Crippen molar-refractivity contribution in [2.75, 3.05) is 7.11 Å². The zero-order chi connectivity index (χ0) is 12.3. The smallest absolute Gasteiger partial charge is 0.118 e. The fourth-order valence-electron chi connectivity index (χ4n) is 2.63. The Morgan fingerprint density at radius 3 is 2.59 bits per heavy atom. The second kappa shape index (κ2) is 5.52. The molecule has 1 aromatic carbocycles. The number of hydrogen-bond acceptors (Lipinski definition) is 3. The molecule has 0 aromatic heterocycles. The molecule has 3 N–H and O–H groups in total. The number of aliphatic hydroxyl groups is 1. The third-order valence-electron chi connectivity index (χ3n) is 3.70. The van der Waals surface area contributed by atoms with Gasteiger partial charge in [-0.2, -0.15) is 0 Å². The number of aliphatic hydroxyl groups excluding tert-OH is 1. The minimum absolute atomic E-state index is 0.0239. The molecule has 0 aliphatic heterocycles. The van der Waals surface area contributed by atoms with E-state index >= 15 is 0 Å². The van der Waals surface area contributed by atoms with E-state index < -0.39 is 0 Å². The van der Waals surface area contributed by atoms with E-state index in [-0.39, 0.29) is 12.1 Å². The van der Waals surface area contributed by atoms with Gasteiger partial charge in [-0.25, -0.2) is 0 Å². The molecular formula is C14H21NO2. The number of hydrogen-bond donors (Lipinski definition) is 2. The number of rotatable bonds is 3. The lowest BCUT2D eigenvalue weighted by molar-refractivity contribution is 0.0923. The summed E-state index contributed by atoms with van der Waals surface area (Å²) in [6.45, 7) is 0. The molecule has 1 aliphatic carbocycles. The Kier molecular flexibility index (Phi) is 4.02. The van der Waals surface area contributed by atoms with Crippen LogP contribution in [0.2, 0.25) is 0 Å². The van der Waals surface area contributed by atoms with Gasteiger partial charge in [0.25, 0.3) is 0 Å².